The van der Waals surface area contributed by atoms with Crippen LogP contribution in [0, 0.1) is 5.82 Å². The first-order valence-corrected chi connectivity index (χ1v) is 7.85. The van der Waals surface area contributed by atoms with E-state index in [9.17, 15) is 9.18 Å². The van der Waals surface area contributed by atoms with E-state index in [2.05, 4.69) is 26.5 Å². The molecule has 1 N–H and O–H groups in total. The van der Waals surface area contributed by atoms with Crippen molar-refractivity contribution in [2.24, 2.45) is 5.10 Å². The van der Waals surface area contributed by atoms with Crippen LogP contribution in [0.3, 0.4) is 0 Å². The Bertz CT molecular complexity index is 765. The van der Waals surface area contributed by atoms with E-state index in [1.807, 2.05) is 12.1 Å². The summed E-state index contributed by atoms with van der Waals surface area (Å²) in [5.74, 6) is -0.278. The van der Waals surface area contributed by atoms with E-state index in [-0.39, 0.29) is 12.4 Å². The van der Waals surface area contributed by atoms with Gasteiger partial charge in [-0.1, -0.05) is 12.1 Å². The number of halogens is 2. The summed E-state index contributed by atoms with van der Waals surface area (Å²) in [6.07, 6.45) is 0. The number of nitrogens with zero attached hydrogens (tertiary/aromatic N) is 1. The van der Waals surface area contributed by atoms with Crippen molar-refractivity contribution in [3.8, 4) is 11.5 Å². The van der Waals surface area contributed by atoms with Crippen molar-refractivity contribution in [3.63, 3.8) is 0 Å². The molecule has 0 aromatic heterocycles. The molecule has 7 heteroatoms. The lowest BCUT2D eigenvalue weighted by molar-refractivity contribution is -0.123. The maximum atomic E-state index is 13.4. The molecule has 0 unspecified atom stereocenters. The molecule has 24 heavy (non-hydrogen) atoms. The minimum Gasteiger partial charge on any atom is -0.496 e. The Morgan fingerprint density at radius 2 is 2.00 bits per heavy atom. The smallest absolute Gasteiger partial charge is 0.277 e. The van der Waals surface area contributed by atoms with Crippen molar-refractivity contribution in [1.29, 1.82) is 0 Å². The van der Waals surface area contributed by atoms with Gasteiger partial charge in [-0.2, -0.15) is 5.10 Å². The molecule has 126 valence electrons. The van der Waals surface area contributed by atoms with Crippen LogP contribution in [0.5, 0.6) is 11.5 Å². The molecule has 2 aromatic carbocycles. The maximum absolute atomic E-state index is 13.4. The van der Waals surface area contributed by atoms with Crippen LogP contribution < -0.4 is 14.9 Å². The number of nitrogens with one attached hydrogen (secondary N) is 1. The average Bonchev–Trinajstić information content (AvgIpc) is 2.58. The fourth-order valence-corrected chi connectivity index (χ4v) is 2.38. The van der Waals surface area contributed by atoms with E-state index in [1.165, 1.54) is 12.1 Å². The van der Waals surface area contributed by atoms with Crippen LogP contribution in [0.2, 0.25) is 0 Å². The minimum absolute atomic E-state index is 0.0208. The summed E-state index contributed by atoms with van der Waals surface area (Å²) >= 11 is 3.39. The summed E-state index contributed by atoms with van der Waals surface area (Å²) in [6, 6.07) is 11.3. The molecule has 0 saturated carbocycles. The molecule has 0 bridgehead atoms. The van der Waals surface area contributed by atoms with Gasteiger partial charge in [-0.05, 0) is 58.7 Å². The van der Waals surface area contributed by atoms with Crippen LogP contribution in [0.25, 0.3) is 0 Å². The first kappa shape index (κ1) is 17.9. The van der Waals surface area contributed by atoms with Crippen LogP contribution in [0.4, 0.5) is 4.39 Å². The Morgan fingerprint density at radius 3 is 2.67 bits per heavy atom. The highest BCUT2D eigenvalue weighted by atomic mass is 79.9. The molecule has 2 aromatic rings. The van der Waals surface area contributed by atoms with E-state index in [4.69, 9.17) is 9.47 Å². The van der Waals surface area contributed by atoms with Crippen LogP contribution >= 0.6 is 15.9 Å². The second-order valence-electron chi connectivity index (χ2n) is 4.80. The van der Waals surface area contributed by atoms with Crippen LogP contribution in [-0.2, 0) is 4.79 Å². The molecule has 0 aliphatic carbocycles. The Kier molecular flexibility index (Phi) is 6.31. The van der Waals surface area contributed by atoms with E-state index in [0.717, 1.165) is 10.0 Å². The summed E-state index contributed by atoms with van der Waals surface area (Å²) in [4.78, 5) is 11.7. The highest BCUT2D eigenvalue weighted by molar-refractivity contribution is 9.10. The summed E-state index contributed by atoms with van der Waals surface area (Å²) in [5, 5.41) is 4.01. The third-order valence-corrected chi connectivity index (χ3v) is 3.73. The second kappa shape index (κ2) is 8.44. The lowest BCUT2D eigenvalue weighted by Gasteiger charge is -2.08. The van der Waals surface area contributed by atoms with Crippen molar-refractivity contribution >= 4 is 27.5 Å². The first-order chi connectivity index (χ1) is 11.5. The Balaban J connectivity index is 1.93. The second-order valence-corrected chi connectivity index (χ2v) is 5.65. The number of rotatable bonds is 6. The number of hydrazone groups is 1. The van der Waals surface area contributed by atoms with Gasteiger partial charge in [-0.25, -0.2) is 9.82 Å². The van der Waals surface area contributed by atoms with E-state index < -0.39 is 11.7 Å². The van der Waals surface area contributed by atoms with Gasteiger partial charge in [0.25, 0.3) is 5.91 Å². The van der Waals surface area contributed by atoms with Crippen LogP contribution in [-0.4, -0.2) is 25.3 Å². The summed E-state index contributed by atoms with van der Waals surface area (Å²) in [5.41, 5.74) is 3.80. The van der Waals surface area contributed by atoms with Crippen LogP contribution in [0.15, 0.2) is 52.0 Å². The predicted octanol–water partition coefficient (Wildman–Crippen LogP) is 3.52. The first-order valence-electron chi connectivity index (χ1n) is 7.05. The van der Waals surface area contributed by atoms with Crippen molar-refractivity contribution in [2.45, 2.75) is 6.92 Å². The normalized spacial score (nSPS) is 11.1. The molecule has 0 heterocycles. The van der Waals surface area contributed by atoms with Gasteiger partial charge in [0.2, 0.25) is 0 Å². The third kappa shape index (κ3) is 4.79. The van der Waals surface area contributed by atoms with Crippen molar-refractivity contribution in [2.75, 3.05) is 13.7 Å². The third-order valence-electron chi connectivity index (χ3n) is 3.11. The number of benzene rings is 2. The molecule has 0 aliphatic heterocycles. The lowest BCUT2D eigenvalue weighted by Crippen LogP contribution is -2.25. The molecule has 1 amide bonds. The van der Waals surface area contributed by atoms with Gasteiger partial charge >= 0.3 is 0 Å². The summed E-state index contributed by atoms with van der Waals surface area (Å²) in [6.45, 7) is 1.43. The van der Waals surface area contributed by atoms with Gasteiger partial charge in [0.15, 0.2) is 18.2 Å². The maximum Gasteiger partial charge on any atom is 0.277 e. The highest BCUT2D eigenvalue weighted by Gasteiger charge is 2.07. The van der Waals surface area contributed by atoms with Crippen molar-refractivity contribution in [3.05, 3.63) is 58.3 Å². The lowest BCUT2D eigenvalue weighted by atomic mass is 10.1. The number of carbonyl (C=O) groups is 1. The number of carbonyl (C=O) groups excluding carboxylic acids is 1. The van der Waals surface area contributed by atoms with Crippen molar-refractivity contribution in [1.82, 2.24) is 5.43 Å². The van der Waals surface area contributed by atoms with Gasteiger partial charge in [-0.15, -0.1) is 0 Å². The fraction of sp³-hybridized carbons (Fsp3) is 0.176. The van der Waals surface area contributed by atoms with Gasteiger partial charge in [0.05, 0.1) is 17.3 Å². The number of amides is 1. The van der Waals surface area contributed by atoms with Gasteiger partial charge in [0.1, 0.15) is 5.75 Å². The number of hydrogen-bond acceptors (Lipinski definition) is 4. The van der Waals surface area contributed by atoms with E-state index in [0.29, 0.717) is 11.5 Å². The molecular weight excluding hydrogens is 379 g/mol. The summed E-state index contributed by atoms with van der Waals surface area (Å²) in [7, 11) is 1.58. The predicted molar refractivity (Wildman–Crippen MR) is 92.9 cm³/mol. The van der Waals surface area contributed by atoms with E-state index in [1.54, 1.807) is 32.2 Å². The average molecular weight is 395 g/mol. The van der Waals surface area contributed by atoms with E-state index >= 15 is 0 Å². The molecule has 0 atom stereocenters. The minimum atomic E-state index is -0.520. The van der Waals surface area contributed by atoms with Gasteiger partial charge in [-0.3, -0.25) is 4.79 Å². The van der Waals surface area contributed by atoms with Gasteiger partial charge < -0.3 is 9.47 Å². The standard InChI is InChI=1S/C17H16BrFN2O3/c1-11(12-7-8-15(23-2)13(18)9-12)20-21-17(22)10-24-16-6-4-3-5-14(16)19/h3-9H,10H2,1-2H3,(H,21,22)/b20-11-. The molecule has 2 rings (SSSR count). The Hall–Kier alpha value is -2.41. The molecule has 0 radical (unpaired) electrons. The monoisotopic (exact) mass is 394 g/mol. The van der Waals surface area contributed by atoms with Crippen molar-refractivity contribution < 1.29 is 18.7 Å². The molecule has 5 nitrogen and oxygen atoms in total. The zero-order valence-electron chi connectivity index (χ0n) is 13.2. The Morgan fingerprint density at radius 1 is 1.25 bits per heavy atom. The number of hydrogen-bond donors (Lipinski definition) is 1. The number of ether oxygens (including phenoxy) is 2. The zero-order valence-corrected chi connectivity index (χ0v) is 14.8. The molecule has 0 fully saturated rings. The molecule has 0 spiro atoms. The SMILES string of the molecule is COc1ccc(/C(C)=N\NC(=O)COc2ccccc2F)cc1Br. The van der Waals surface area contributed by atoms with Crippen LogP contribution in [0.1, 0.15) is 12.5 Å². The number of methoxy groups -OCH3 is 1. The van der Waals surface area contributed by atoms with Gasteiger partial charge in [0, 0.05) is 0 Å². The molecule has 0 saturated heterocycles. The zero-order chi connectivity index (χ0) is 17.5. The molecule has 0 aliphatic rings. The number of para-hydroxylation sites is 1. The summed E-state index contributed by atoms with van der Waals surface area (Å²) < 4.78 is 24.4. The topological polar surface area (TPSA) is 59.9 Å². The fourth-order valence-electron chi connectivity index (χ4n) is 1.84. The molecular formula is C17H16BrFN2O3. The largest absolute Gasteiger partial charge is 0.496 e. The highest BCUT2D eigenvalue weighted by Crippen LogP contribution is 2.25. The quantitative estimate of drug-likeness (QED) is 0.602. The Labute approximate surface area is 147 Å².